The van der Waals surface area contributed by atoms with Crippen molar-refractivity contribution in [3.8, 4) is 0 Å². The maximum atomic E-state index is 4.55. The van der Waals surface area contributed by atoms with Gasteiger partial charge in [-0.15, -0.1) is 11.3 Å². The molecular weight excluding hydrogens is 308 g/mol. The first-order valence-corrected chi connectivity index (χ1v) is 8.90. The van der Waals surface area contributed by atoms with E-state index in [-0.39, 0.29) is 0 Å². The van der Waals surface area contributed by atoms with Gasteiger partial charge in [0.2, 0.25) is 0 Å². The van der Waals surface area contributed by atoms with Gasteiger partial charge < -0.3 is 4.90 Å². The van der Waals surface area contributed by atoms with E-state index in [4.69, 9.17) is 0 Å². The lowest BCUT2D eigenvalue weighted by Crippen LogP contribution is -2.38. The number of fused-ring (bicyclic) bond motifs is 1. The maximum Gasteiger partial charge on any atom is 0.147 e. The van der Waals surface area contributed by atoms with Gasteiger partial charge in [-0.05, 0) is 44.1 Å². The van der Waals surface area contributed by atoms with Crippen molar-refractivity contribution in [2.24, 2.45) is 5.92 Å². The second-order valence-corrected chi connectivity index (χ2v) is 7.07. The minimum Gasteiger partial charge on any atom is -0.356 e. The number of hydrogen-bond donors (Lipinski definition) is 0. The summed E-state index contributed by atoms with van der Waals surface area (Å²) < 4.78 is 2.05. The standard InChI is InChI=1S/C16H20N6S/c1-11-19-12(2)22(20-11)9-13-4-3-6-21(8-13)15-14-5-7-23-16(14)18-10-17-15/h5,7,10,13H,3-4,6,8-9H2,1-2H3. The minimum absolute atomic E-state index is 0.576. The molecule has 4 rings (SSSR count). The molecule has 1 atom stereocenters. The summed E-state index contributed by atoms with van der Waals surface area (Å²) in [5, 5.41) is 7.77. The molecule has 0 saturated carbocycles. The number of thiophene rings is 1. The summed E-state index contributed by atoms with van der Waals surface area (Å²) in [7, 11) is 0. The highest BCUT2D eigenvalue weighted by Gasteiger charge is 2.23. The van der Waals surface area contributed by atoms with Crippen molar-refractivity contribution in [2.45, 2.75) is 33.2 Å². The zero-order chi connectivity index (χ0) is 15.8. The molecule has 7 heteroatoms. The second kappa shape index (κ2) is 5.88. The van der Waals surface area contributed by atoms with Gasteiger partial charge in [0.05, 0.1) is 5.39 Å². The predicted molar refractivity (Wildman–Crippen MR) is 91.8 cm³/mol. The molecule has 0 amide bonds. The fourth-order valence-electron chi connectivity index (χ4n) is 3.41. The Labute approximate surface area is 139 Å². The highest BCUT2D eigenvalue weighted by Crippen LogP contribution is 2.30. The molecule has 0 aliphatic carbocycles. The Balaban J connectivity index is 1.55. The Morgan fingerprint density at radius 1 is 1.30 bits per heavy atom. The number of aromatic nitrogens is 5. The molecule has 0 spiro atoms. The van der Waals surface area contributed by atoms with Crippen LogP contribution in [-0.4, -0.2) is 37.8 Å². The second-order valence-electron chi connectivity index (χ2n) is 6.18. The first kappa shape index (κ1) is 14.6. The third-order valence-corrected chi connectivity index (χ3v) is 5.27. The van der Waals surface area contributed by atoms with Crippen LogP contribution in [0, 0.1) is 19.8 Å². The van der Waals surface area contributed by atoms with E-state index < -0.39 is 0 Å². The zero-order valence-electron chi connectivity index (χ0n) is 13.4. The van der Waals surface area contributed by atoms with Gasteiger partial charge in [0, 0.05) is 19.6 Å². The summed E-state index contributed by atoms with van der Waals surface area (Å²) in [5.41, 5.74) is 0. The summed E-state index contributed by atoms with van der Waals surface area (Å²) in [6, 6.07) is 2.13. The largest absolute Gasteiger partial charge is 0.356 e. The van der Waals surface area contributed by atoms with Crippen LogP contribution in [0.3, 0.4) is 0 Å². The summed E-state index contributed by atoms with van der Waals surface area (Å²) in [5.74, 6) is 3.51. The number of anilines is 1. The first-order valence-electron chi connectivity index (χ1n) is 8.02. The molecule has 0 radical (unpaired) electrons. The van der Waals surface area contributed by atoms with Gasteiger partial charge in [0.1, 0.15) is 28.6 Å². The van der Waals surface area contributed by atoms with E-state index in [0.717, 1.165) is 41.9 Å². The summed E-state index contributed by atoms with van der Waals surface area (Å²) >= 11 is 1.67. The van der Waals surface area contributed by atoms with E-state index >= 15 is 0 Å². The first-order chi connectivity index (χ1) is 11.2. The van der Waals surface area contributed by atoms with Crippen LogP contribution in [0.15, 0.2) is 17.8 Å². The van der Waals surface area contributed by atoms with Crippen LogP contribution in [0.5, 0.6) is 0 Å². The van der Waals surface area contributed by atoms with E-state index in [1.165, 1.54) is 18.2 Å². The van der Waals surface area contributed by atoms with Gasteiger partial charge in [0.15, 0.2) is 0 Å². The molecule has 3 aromatic heterocycles. The van der Waals surface area contributed by atoms with Gasteiger partial charge in [-0.25, -0.2) is 19.6 Å². The molecule has 1 aliphatic rings. The highest BCUT2D eigenvalue weighted by molar-refractivity contribution is 7.16. The SMILES string of the molecule is Cc1nc(C)n(CC2CCCN(c3ncnc4sccc34)C2)n1. The Kier molecular flexibility index (Phi) is 3.72. The predicted octanol–water partition coefficient (Wildman–Crippen LogP) is 2.82. The normalized spacial score (nSPS) is 18.7. The Morgan fingerprint density at radius 2 is 2.22 bits per heavy atom. The summed E-state index contributed by atoms with van der Waals surface area (Å²) in [6.45, 7) is 6.99. The fraction of sp³-hybridized carbons (Fsp3) is 0.500. The van der Waals surface area contributed by atoms with E-state index in [1.807, 2.05) is 18.5 Å². The van der Waals surface area contributed by atoms with Crippen LogP contribution in [0.1, 0.15) is 24.5 Å². The minimum atomic E-state index is 0.576. The molecule has 3 aromatic rings. The molecule has 1 unspecified atom stereocenters. The third kappa shape index (κ3) is 2.81. The van der Waals surface area contributed by atoms with Gasteiger partial charge in [-0.2, -0.15) is 5.10 Å². The molecule has 4 heterocycles. The van der Waals surface area contributed by atoms with Crippen LogP contribution in [0.4, 0.5) is 5.82 Å². The van der Waals surface area contributed by atoms with Crippen molar-refractivity contribution in [2.75, 3.05) is 18.0 Å². The van der Waals surface area contributed by atoms with Crippen LogP contribution < -0.4 is 4.90 Å². The van der Waals surface area contributed by atoms with Crippen LogP contribution in [-0.2, 0) is 6.54 Å². The molecular formula is C16H20N6S. The lowest BCUT2D eigenvalue weighted by atomic mass is 9.98. The fourth-order valence-corrected chi connectivity index (χ4v) is 4.14. The molecule has 120 valence electrons. The molecule has 23 heavy (non-hydrogen) atoms. The zero-order valence-corrected chi connectivity index (χ0v) is 14.3. The number of piperidine rings is 1. The van der Waals surface area contributed by atoms with Gasteiger partial charge >= 0.3 is 0 Å². The lowest BCUT2D eigenvalue weighted by molar-refractivity contribution is 0.347. The van der Waals surface area contributed by atoms with Crippen molar-refractivity contribution < 1.29 is 0 Å². The molecule has 1 saturated heterocycles. The number of aryl methyl sites for hydroxylation is 2. The molecule has 1 aliphatic heterocycles. The molecule has 6 nitrogen and oxygen atoms in total. The van der Waals surface area contributed by atoms with E-state index in [9.17, 15) is 0 Å². The Bertz CT molecular complexity index is 823. The topological polar surface area (TPSA) is 59.7 Å². The quantitative estimate of drug-likeness (QED) is 0.740. The Hall–Kier alpha value is -2.02. The average Bonchev–Trinajstić information content (AvgIpc) is 3.14. The molecule has 0 aromatic carbocycles. The maximum absolute atomic E-state index is 4.55. The third-order valence-electron chi connectivity index (χ3n) is 4.45. The number of nitrogens with zero attached hydrogens (tertiary/aromatic N) is 6. The monoisotopic (exact) mass is 328 g/mol. The molecule has 0 N–H and O–H groups in total. The van der Waals surface area contributed by atoms with Crippen molar-refractivity contribution >= 4 is 27.4 Å². The Morgan fingerprint density at radius 3 is 3.04 bits per heavy atom. The van der Waals surface area contributed by atoms with E-state index in [2.05, 4.69) is 36.4 Å². The van der Waals surface area contributed by atoms with E-state index in [0.29, 0.717) is 5.92 Å². The van der Waals surface area contributed by atoms with E-state index in [1.54, 1.807) is 17.7 Å². The smallest absolute Gasteiger partial charge is 0.147 e. The lowest BCUT2D eigenvalue weighted by Gasteiger charge is -2.33. The van der Waals surface area contributed by atoms with Crippen LogP contribution in [0.25, 0.3) is 10.2 Å². The van der Waals surface area contributed by atoms with Crippen molar-refractivity contribution in [3.63, 3.8) is 0 Å². The van der Waals surface area contributed by atoms with Crippen molar-refractivity contribution in [1.82, 2.24) is 24.7 Å². The van der Waals surface area contributed by atoms with Crippen molar-refractivity contribution in [1.29, 1.82) is 0 Å². The van der Waals surface area contributed by atoms with Crippen LogP contribution in [0.2, 0.25) is 0 Å². The van der Waals surface area contributed by atoms with Gasteiger partial charge in [-0.1, -0.05) is 0 Å². The molecule has 0 bridgehead atoms. The number of hydrogen-bond acceptors (Lipinski definition) is 6. The average molecular weight is 328 g/mol. The highest BCUT2D eigenvalue weighted by atomic mass is 32.1. The summed E-state index contributed by atoms with van der Waals surface area (Å²) in [6.07, 6.45) is 4.10. The van der Waals surface area contributed by atoms with Crippen molar-refractivity contribution in [3.05, 3.63) is 29.4 Å². The van der Waals surface area contributed by atoms with Gasteiger partial charge in [0.25, 0.3) is 0 Å². The summed E-state index contributed by atoms with van der Waals surface area (Å²) in [4.78, 5) is 16.8. The number of rotatable bonds is 3. The molecule has 1 fully saturated rings. The van der Waals surface area contributed by atoms with Crippen LogP contribution >= 0.6 is 11.3 Å². The van der Waals surface area contributed by atoms with Gasteiger partial charge in [-0.3, -0.25) is 0 Å².